The molecule has 9 heteroatoms. The van der Waals surface area contributed by atoms with E-state index in [1.807, 2.05) is 0 Å². The van der Waals surface area contributed by atoms with Gasteiger partial charge in [-0.3, -0.25) is 4.79 Å². The number of anilines is 1. The van der Waals surface area contributed by atoms with Gasteiger partial charge in [0.2, 0.25) is 5.75 Å². The fraction of sp³-hybridized carbons (Fsp3) is 0.381. The van der Waals surface area contributed by atoms with Gasteiger partial charge < -0.3 is 24.3 Å². The highest BCUT2D eigenvalue weighted by Gasteiger charge is 2.38. The summed E-state index contributed by atoms with van der Waals surface area (Å²) in [6.45, 7) is 0. The molecule has 30 heavy (non-hydrogen) atoms. The number of carbonyl (C=O) groups excluding carboxylic acids is 2. The van der Waals surface area contributed by atoms with Crippen molar-refractivity contribution >= 4 is 17.6 Å². The zero-order chi connectivity index (χ0) is 21.4. The summed E-state index contributed by atoms with van der Waals surface area (Å²) >= 11 is 0. The van der Waals surface area contributed by atoms with Crippen LogP contribution in [0.2, 0.25) is 0 Å². The van der Waals surface area contributed by atoms with E-state index in [1.165, 1.54) is 34.6 Å². The molecule has 0 saturated heterocycles. The first-order chi connectivity index (χ1) is 14.5. The maximum Gasteiger partial charge on any atom is 0.343 e. The molecule has 1 N–H and O–H groups in total. The van der Waals surface area contributed by atoms with Crippen LogP contribution >= 0.6 is 0 Å². The number of aromatic nitrogens is 2. The van der Waals surface area contributed by atoms with Gasteiger partial charge in [0, 0.05) is 17.7 Å². The van der Waals surface area contributed by atoms with Crippen LogP contribution in [0, 0.1) is 0 Å². The van der Waals surface area contributed by atoms with Crippen LogP contribution in [-0.2, 0) is 9.53 Å². The molecular weight excluding hydrogens is 390 g/mol. The van der Waals surface area contributed by atoms with Gasteiger partial charge in [-0.15, -0.1) is 0 Å². The Bertz CT molecular complexity index is 1030. The second kappa shape index (κ2) is 7.74. The van der Waals surface area contributed by atoms with Crippen LogP contribution in [0.4, 0.5) is 5.82 Å². The van der Waals surface area contributed by atoms with Crippen molar-refractivity contribution in [2.75, 3.05) is 33.8 Å². The Hall–Kier alpha value is -3.49. The van der Waals surface area contributed by atoms with E-state index in [1.54, 1.807) is 16.8 Å². The Kier molecular flexibility index (Phi) is 5.11. The molecule has 0 unspecified atom stereocenters. The summed E-state index contributed by atoms with van der Waals surface area (Å²) in [7, 11) is 5.92. The Labute approximate surface area is 173 Å². The lowest BCUT2D eigenvalue weighted by Gasteiger charge is -2.33. The quantitative estimate of drug-likeness (QED) is 0.747. The lowest BCUT2D eigenvalue weighted by atomic mass is 9.85. The first kappa shape index (κ1) is 19.8. The molecule has 1 atom stereocenters. The number of allylic oxidation sites excluding steroid dienone is 2. The molecule has 0 amide bonds. The van der Waals surface area contributed by atoms with Crippen molar-refractivity contribution in [1.82, 2.24) is 9.78 Å². The van der Waals surface area contributed by atoms with Gasteiger partial charge in [-0.05, 0) is 30.5 Å². The average molecular weight is 413 g/mol. The largest absolute Gasteiger partial charge is 0.493 e. The number of nitrogens with zero attached hydrogens (tertiary/aromatic N) is 2. The predicted molar refractivity (Wildman–Crippen MR) is 107 cm³/mol. The van der Waals surface area contributed by atoms with Crippen LogP contribution in [0.3, 0.4) is 0 Å². The number of Topliss-reactive ketones (excluding diaryl/α,β-unsaturated/α-hetero) is 1. The van der Waals surface area contributed by atoms with Gasteiger partial charge in [0.05, 0.1) is 34.6 Å². The van der Waals surface area contributed by atoms with Gasteiger partial charge in [-0.25, -0.2) is 9.48 Å². The molecular formula is C21H23N3O6. The number of fused-ring (bicyclic) bond motifs is 1. The number of esters is 1. The molecule has 0 bridgehead atoms. The highest BCUT2D eigenvalue weighted by Crippen LogP contribution is 2.46. The summed E-state index contributed by atoms with van der Waals surface area (Å²) in [5, 5.41) is 7.66. The van der Waals surface area contributed by atoms with E-state index >= 15 is 0 Å². The van der Waals surface area contributed by atoms with E-state index in [0.29, 0.717) is 47.0 Å². The third kappa shape index (κ3) is 2.97. The van der Waals surface area contributed by atoms with Crippen molar-refractivity contribution in [3.63, 3.8) is 0 Å². The minimum absolute atomic E-state index is 0.0447. The minimum atomic E-state index is -0.545. The first-order valence-electron chi connectivity index (χ1n) is 9.53. The van der Waals surface area contributed by atoms with Gasteiger partial charge in [-0.1, -0.05) is 0 Å². The van der Waals surface area contributed by atoms with Gasteiger partial charge in [0.15, 0.2) is 17.3 Å². The molecule has 1 aromatic heterocycles. The number of nitrogens with one attached hydrogen (secondary N) is 1. The van der Waals surface area contributed by atoms with Crippen LogP contribution in [0.25, 0.3) is 0 Å². The third-order valence-corrected chi connectivity index (χ3v) is 5.45. The number of hydrogen-bond donors (Lipinski definition) is 1. The molecule has 2 aromatic rings. The summed E-state index contributed by atoms with van der Waals surface area (Å²) in [6.07, 6.45) is 3.35. The molecule has 4 rings (SSSR count). The average Bonchev–Trinajstić information content (AvgIpc) is 3.19. The van der Waals surface area contributed by atoms with Crippen molar-refractivity contribution in [3.05, 3.63) is 40.7 Å². The van der Waals surface area contributed by atoms with E-state index < -0.39 is 12.0 Å². The Morgan fingerprint density at radius 3 is 2.40 bits per heavy atom. The molecule has 0 fully saturated rings. The Balaban J connectivity index is 1.96. The topological polar surface area (TPSA) is 101 Å². The molecule has 1 aliphatic heterocycles. The van der Waals surface area contributed by atoms with E-state index in [-0.39, 0.29) is 5.78 Å². The lowest BCUT2D eigenvalue weighted by molar-refractivity contribution is -0.116. The SMILES string of the molecule is COC(=O)c1cnn2c1NC1=C(C(=O)CCC1)[C@@H]2c1cc(OC)c(OC)c(OC)c1. The Morgan fingerprint density at radius 2 is 1.80 bits per heavy atom. The second-order valence-electron chi connectivity index (χ2n) is 7.00. The number of ketones is 1. The highest BCUT2D eigenvalue weighted by molar-refractivity contribution is 6.01. The van der Waals surface area contributed by atoms with Crippen molar-refractivity contribution in [2.45, 2.75) is 25.3 Å². The Morgan fingerprint density at radius 1 is 1.10 bits per heavy atom. The summed E-state index contributed by atoms with van der Waals surface area (Å²) < 4.78 is 22.9. The zero-order valence-electron chi connectivity index (χ0n) is 17.3. The number of hydrogen-bond acceptors (Lipinski definition) is 8. The number of carbonyl (C=O) groups is 2. The summed E-state index contributed by atoms with van der Waals surface area (Å²) in [4.78, 5) is 25.2. The van der Waals surface area contributed by atoms with Crippen LogP contribution in [0.1, 0.15) is 41.2 Å². The van der Waals surface area contributed by atoms with E-state index in [0.717, 1.165) is 17.7 Å². The minimum Gasteiger partial charge on any atom is -0.493 e. The molecule has 0 saturated carbocycles. The molecule has 158 valence electrons. The van der Waals surface area contributed by atoms with Gasteiger partial charge in [0.1, 0.15) is 17.4 Å². The highest BCUT2D eigenvalue weighted by atomic mass is 16.5. The van der Waals surface area contributed by atoms with Crippen molar-refractivity contribution in [1.29, 1.82) is 0 Å². The summed E-state index contributed by atoms with van der Waals surface area (Å²) in [5.41, 5.74) is 2.46. The van der Waals surface area contributed by atoms with Gasteiger partial charge in [0.25, 0.3) is 0 Å². The monoisotopic (exact) mass is 413 g/mol. The molecule has 9 nitrogen and oxygen atoms in total. The van der Waals surface area contributed by atoms with Crippen molar-refractivity contribution in [2.24, 2.45) is 0 Å². The van der Waals surface area contributed by atoms with E-state index in [4.69, 9.17) is 18.9 Å². The van der Waals surface area contributed by atoms with E-state index in [9.17, 15) is 9.59 Å². The molecule has 1 aliphatic carbocycles. The number of methoxy groups -OCH3 is 4. The number of rotatable bonds is 5. The number of benzene rings is 1. The van der Waals surface area contributed by atoms with Crippen LogP contribution in [0.5, 0.6) is 17.2 Å². The summed E-state index contributed by atoms with van der Waals surface area (Å²) in [6, 6.07) is 3.05. The van der Waals surface area contributed by atoms with Crippen molar-refractivity contribution in [3.8, 4) is 17.2 Å². The standard InChI is InChI=1S/C21H23N3O6/c1-27-15-8-11(9-16(28-2)19(15)29-3)18-17-13(6-5-7-14(17)25)23-20-12(21(26)30-4)10-22-24(18)20/h8-10,18,23H,5-7H2,1-4H3/t18-/m0/s1. The number of ether oxygens (including phenoxy) is 4. The first-order valence-corrected chi connectivity index (χ1v) is 9.53. The van der Waals surface area contributed by atoms with Crippen LogP contribution in [0.15, 0.2) is 29.6 Å². The van der Waals surface area contributed by atoms with Gasteiger partial charge >= 0.3 is 5.97 Å². The molecule has 0 radical (unpaired) electrons. The fourth-order valence-corrected chi connectivity index (χ4v) is 4.08. The lowest BCUT2D eigenvalue weighted by Crippen LogP contribution is -2.32. The fourth-order valence-electron chi connectivity index (χ4n) is 4.08. The molecule has 2 heterocycles. The smallest absolute Gasteiger partial charge is 0.343 e. The van der Waals surface area contributed by atoms with Crippen LogP contribution in [-0.4, -0.2) is 50.0 Å². The molecule has 2 aliphatic rings. The van der Waals surface area contributed by atoms with Crippen LogP contribution < -0.4 is 19.5 Å². The van der Waals surface area contributed by atoms with E-state index in [2.05, 4.69) is 10.4 Å². The second-order valence-corrected chi connectivity index (χ2v) is 7.00. The normalized spacial score (nSPS) is 17.6. The third-order valence-electron chi connectivity index (χ3n) is 5.45. The predicted octanol–water partition coefficient (Wildman–Crippen LogP) is 2.72. The van der Waals surface area contributed by atoms with Crippen molar-refractivity contribution < 1.29 is 28.5 Å². The maximum atomic E-state index is 12.9. The molecule has 0 spiro atoms. The maximum absolute atomic E-state index is 12.9. The zero-order valence-corrected chi connectivity index (χ0v) is 17.3. The van der Waals surface area contributed by atoms with Gasteiger partial charge in [-0.2, -0.15) is 5.10 Å². The summed E-state index contributed by atoms with van der Waals surface area (Å²) in [5.74, 6) is 1.43. The molecule has 1 aromatic carbocycles.